The van der Waals surface area contributed by atoms with Crippen molar-refractivity contribution in [1.29, 1.82) is 5.26 Å². The number of carboxylic acid groups (broad SMARTS) is 1. The Labute approximate surface area is 155 Å². The molecule has 1 fully saturated rings. The number of carbonyl (C=O) groups is 2. The second-order valence-corrected chi connectivity index (χ2v) is 7.65. The first-order valence-corrected chi connectivity index (χ1v) is 9.28. The van der Waals surface area contributed by atoms with Gasteiger partial charge in [-0.2, -0.15) is 5.26 Å². The van der Waals surface area contributed by atoms with E-state index in [0.29, 0.717) is 11.3 Å². The molecule has 1 aromatic heterocycles. The normalized spacial score (nSPS) is 25.5. The van der Waals surface area contributed by atoms with E-state index in [2.05, 4.69) is 6.07 Å². The van der Waals surface area contributed by atoms with Gasteiger partial charge in [0.2, 0.25) is 5.91 Å². The number of fused-ring (bicyclic) bond motifs is 1. The summed E-state index contributed by atoms with van der Waals surface area (Å²) in [6.07, 6.45) is 3.04. The van der Waals surface area contributed by atoms with Crippen molar-refractivity contribution < 1.29 is 24.4 Å². The number of thioether (sulfide) groups is 1. The molecule has 3 rings (SSSR count). The summed E-state index contributed by atoms with van der Waals surface area (Å²) in [6, 6.07) is 5.52. The molecule has 26 heavy (non-hydrogen) atoms. The fraction of sp³-hybridized carbons (Fsp3) is 0.444. The molecule has 0 aromatic carbocycles. The van der Waals surface area contributed by atoms with E-state index >= 15 is 0 Å². The lowest BCUT2D eigenvalue weighted by molar-refractivity contribution is -0.671. The van der Waals surface area contributed by atoms with E-state index in [1.54, 1.807) is 0 Å². The molecule has 1 saturated heterocycles. The van der Waals surface area contributed by atoms with Gasteiger partial charge in [-0.3, -0.25) is 4.79 Å². The van der Waals surface area contributed by atoms with Crippen LogP contribution in [-0.2, 0) is 16.6 Å². The van der Waals surface area contributed by atoms with E-state index in [9.17, 15) is 25.1 Å². The molecular formula is C18H20N3O4S+. The Balaban J connectivity index is 1.91. The van der Waals surface area contributed by atoms with Crippen LogP contribution in [0.25, 0.3) is 0 Å². The fourth-order valence-electron chi connectivity index (χ4n) is 3.75. The third kappa shape index (κ3) is 2.97. The zero-order chi connectivity index (χ0) is 19.0. The summed E-state index contributed by atoms with van der Waals surface area (Å²) in [7, 11) is 1.91. The van der Waals surface area contributed by atoms with Crippen LogP contribution in [0.15, 0.2) is 40.7 Å². The summed E-state index contributed by atoms with van der Waals surface area (Å²) in [5.74, 6) is -2.18. The molecule has 1 amide bonds. The molecule has 0 saturated carbocycles. The molecule has 7 nitrogen and oxygen atoms in total. The average molecular weight is 374 g/mol. The lowest BCUT2D eigenvalue weighted by Crippen LogP contribution is -2.63. The predicted molar refractivity (Wildman–Crippen MR) is 92.5 cm³/mol. The number of aliphatic hydroxyl groups excluding tert-OH is 1. The molecular weight excluding hydrogens is 354 g/mol. The highest BCUT2D eigenvalue weighted by Crippen LogP contribution is 2.49. The molecule has 2 aliphatic heterocycles. The van der Waals surface area contributed by atoms with Gasteiger partial charge in [0.15, 0.2) is 12.4 Å². The zero-order valence-electron chi connectivity index (χ0n) is 14.5. The largest absolute Gasteiger partial charge is 0.477 e. The van der Waals surface area contributed by atoms with Gasteiger partial charge in [0.1, 0.15) is 12.7 Å². The van der Waals surface area contributed by atoms with Crippen molar-refractivity contribution in [1.82, 2.24) is 4.90 Å². The van der Waals surface area contributed by atoms with Gasteiger partial charge in [-0.25, -0.2) is 9.36 Å². The highest BCUT2D eigenvalue weighted by Gasteiger charge is 2.60. The quantitative estimate of drug-likeness (QED) is 0.431. The number of amides is 1. The van der Waals surface area contributed by atoms with Crippen molar-refractivity contribution in [2.75, 3.05) is 5.75 Å². The van der Waals surface area contributed by atoms with Gasteiger partial charge in [-0.15, -0.1) is 11.8 Å². The monoisotopic (exact) mass is 374 g/mol. The second-order valence-electron chi connectivity index (χ2n) is 6.60. The highest BCUT2D eigenvalue weighted by molar-refractivity contribution is 7.99. The molecule has 0 bridgehead atoms. The molecule has 0 spiro atoms. The number of nitrogens with zero attached hydrogens (tertiary/aromatic N) is 3. The Kier molecular flexibility index (Phi) is 5.03. The van der Waals surface area contributed by atoms with Crippen LogP contribution < -0.4 is 4.57 Å². The molecule has 2 aliphatic rings. The van der Waals surface area contributed by atoms with Gasteiger partial charge in [0.05, 0.1) is 24.1 Å². The Morgan fingerprint density at radius 3 is 2.65 bits per heavy atom. The minimum Gasteiger partial charge on any atom is -0.477 e. The SMILES string of the molecule is C[C@@H](O)[C@H]1C(=O)N2C(C(=O)O)=C(CSc3cc[n+](C)cc3)[C@H](CC#N)[C@@H]12. The lowest BCUT2D eigenvalue weighted by atomic mass is 9.76. The van der Waals surface area contributed by atoms with E-state index in [1.807, 2.05) is 36.1 Å². The van der Waals surface area contributed by atoms with Crippen LogP contribution in [-0.4, -0.2) is 44.9 Å². The van der Waals surface area contributed by atoms with Crippen LogP contribution >= 0.6 is 11.8 Å². The van der Waals surface area contributed by atoms with Gasteiger partial charge in [0.25, 0.3) is 0 Å². The molecule has 136 valence electrons. The number of aliphatic hydroxyl groups is 1. The van der Waals surface area contributed by atoms with Gasteiger partial charge < -0.3 is 15.1 Å². The van der Waals surface area contributed by atoms with Crippen molar-refractivity contribution in [3.63, 3.8) is 0 Å². The number of aromatic nitrogens is 1. The topological polar surface area (TPSA) is 106 Å². The number of β-lactam (4-membered cyclic amide) rings is 1. The number of aryl methyl sites for hydroxylation is 1. The first-order chi connectivity index (χ1) is 12.4. The minimum absolute atomic E-state index is 0.0221. The Hall–Kier alpha value is -2.37. The van der Waals surface area contributed by atoms with E-state index in [1.165, 1.54) is 23.6 Å². The number of nitriles is 1. The maximum atomic E-state index is 12.4. The Bertz CT molecular complexity index is 813. The molecule has 0 aliphatic carbocycles. The third-order valence-electron chi connectivity index (χ3n) is 4.97. The van der Waals surface area contributed by atoms with Crippen LogP contribution in [0.5, 0.6) is 0 Å². The smallest absolute Gasteiger partial charge is 0.352 e. The average Bonchev–Trinajstić information content (AvgIpc) is 2.84. The van der Waals surface area contributed by atoms with Crippen molar-refractivity contribution in [3.05, 3.63) is 35.8 Å². The standard InChI is InChI=1S/C18H19N3O4S/c1-10(22)14-15-12(3-6-19)13(16(18(24)25)21(15)17(14)23)9-26-11-4-7-20(2)8-5-11/h4-5,7-8,10,12,14-15,22H,3,9H2,1-2H3/p+1/t10-,12+,14-,15+/m1/s1. The van der Waals surface area contributed by atoms with E-state index in [0.717, 1.165) is 4.90 Å². The van der Waals surface area contributed by atoms with Crippen molar-refractivity contribution >= 4 is 23.6 Å². The van der Waals surface area contributed by atoms with E-state index in [4.69, 9.17) is 0 Å². The molecule has 0 unspecified atom stereocenters. The fourth-order valence-corrected chi connectivity index (χ4v) is 4.74. The van der Waals surface area contributed by atoms with Crippen molar-refractivity contribution in [2.24, 2.45) is 18.9 Å². The number of rotatable bonds is 6. The summed E-state index contributed by atoms with van der Waals surface area (Å²) < 4.78 is 1.90. The maximum Gasteiger partial charge on any atom is 0.352 e. The van der Waals surface area contributed by atoms with Crippen LogP contribution in [0, 0.1) is 23.2 Å². The second kappa shape index (κ2) is 7.09. The first-order valence-electron chi connectivity index (χ1n) is 8.29. The maximum absolute atomic E-state index is 12.4. The Morgan fingerprint density at radius 1 is 1.46 bits per heavy atom. The van der Waals surface area contributed by atoms with Gasteiger partial charge >= 0.3 is 5.97 Å². The molecule has 0 radical (unpaired) electrons. The summed E-state index contributed by atoms with van der Waals surface area (Å²) in [6.45, 7) is 1.53. The molecule has 1 aromatic rings. The van der Waals surface area contributed by atoms with Gasteiger partial charge in [-0.1, -0.05) is 0 Å². The number of carbonyl (C=O) groups excluding carboxylic acids is 1. The molecule has 3 heterocycles. The van der Waals surface area contributed by atoms with Gasteiger partial charge in [0, 0.05) is 35.1 Å². The van der Waals surface area contributed by atoms with Crippen molar-refractivity contribution in [3.8, 4) is 6.07 Å². The number of hydrogen-bond donors (Lipinski definition) is 2. The van der Waals surface area contributed by atoms with Crippen LogP contribution in [0.4, 0.5) is 0 Å². The predicted octanol–water partition coefficient (Wildman–Crippen LogP) is 0.693. The van der Waals surface area contributed by atoms with Crippen LogP contribution in [0.1, 0.15) is 13.3 Å². The molecule has 8 heteroatoms. The van der Waals surface area contributed by atoms with E-state index in [-0.39, 0.29) is 23.9 Å². The third-order valence-corrected chi connectivity index (χ3v) is 6.03. The van der Waals surface area contributed by atoms with Crippen LogP contribution in [0.3, 0.4) is 0 Å². The van der Waals surface area contributed by atoms with E-state index < -0.39 is 24.0 Å². The number of carboxylic acids is 1. The van der Waals surface area contributed by atoms with Crippen LogP contribution in [0.2, 0.25) is 0 Å². The summed E-state index contributed by atoms with van der Waals surface area (Å²) in [5, 5.41) is 28.8. The molecule has 2 N–H and O–H groups in total. The van der Waals surface area contributed by atoms with Crippen molar-refractivity contribution in [2.45, 2.75) is 30.4 Å². The number of aliphatic carboxylic acids is 1. The number of pyridine rings is 1. The minimum atomic E-state index is -1.16. The van der Waals surface area contributed by atoms with Gasteiger partial charge in [-0.05, 0) is 12.5 Å². The summed E-state index contributed by atoms with van der Waals surface area (Å²) >= 11 is 1.48. The molecule has 4 atom stereocenters. The highest BCUT2D eigenvalue weighted by atomic mass is 32.2. The summed E-state index contributed by atoms with van der Waals surface area (Å²) in [4.78, 5) is 26.4. The lowest BCUT2D eigenvalue weighted by Gasteiger charge is -2.46. The first kappa shape index (κ1) is 18.4. The number of hydrogen-bond acceptors (Lipinski definition) is 5. The zero-order valence-corrected chi connectivity index (χ0v) is 15.3. The Morgan fingerprint density at radius 2 is 2.12 bits per heavy atom. The summed E-state index contributed by atoms with van der Waals surface area (Å²) in [5.41, 5.74) is 0.574.